The molecule has 1 aromatic rings. The Morgan fingerprint density at radius 3 is 2.72 bits per heavy atom. The van der Waals surface area contributed by atoms with Gasteiger partial charge in [0.05, 0.1) is 24.8 Å². The van der Waals surface area contributed by atoms with Crippen LogP contribution < -0.4 is 10.1 Å². The minimum atomic E-state index is -0.790. The molecule has 0 aromatic heterocycles. The smallest absolute Gasteiger partial charge is 0.341 e. The summed E-state index contributed by atoms with van der Waals surface area (Å²) < 4.78 is 10.4. The number of carbonyl (C=O) groups is 2. The van der Waals surface area contributed by atoms with Crippen LogP contribution in [0.15, 0.2) is 17.1 Å². The number of ether oxygens (including phenoxy) is 2. The third kappa shape index (κ3) is 4.22. The molecule has 1 aliphatic heterocycles. The van der Waals surface area contributed by atoms with Crippen molar-refractivity contribution in [2.24, 2.45) is 16.8 Å². The number of halogens is 1. The van der Waals surface area contributed by atoms with Crippen molar-refractivity contribution in [1.29, 1.82) is 0 Å². The summed E-state index contributed by atoms with van der Waals surface area (Å²) in [4.78, 5) is 28.2. The van der Waals surface area contributed by atoms with Crippen LogP contribution in [-0.2, 0) is 9.53 Å². The summed E-state index contributed by atoms with van der Waals surface area (Å²) in [5.41, 5.74) is 0.861. The summed E-state index contributed by atoms with van der Waals surface area (Å²) in [6.45, 7) is 5.73. The van der Waals surface area contributed by atoms with Crippen molar-refractivity contribution in [1.82, 2.24) is 5.32 Å². The lowest BCUT2D eigenvalue weighted by atomic mass is 9.88. The van der Waals surface area contributed by atoms with Crippen molar-refractivity contribution in [3.05, 3.63) is 22.7 Å². The van der Waals surface area contributed by atoms with Gasteiger partial charge in [-0.2, -0.15) is 0 Å². The third-order valence-electron chi connectivity index (χ3n) is 3.78. The highest BCUT2D eigenvalue weighted by Crippen LogP contribution is 2.39. The van der Waals surface area contributed by atoms with E-state index in [0.717, 1.165) is 0 Å². The number of phenols is 1. The quantitative estimate of drug-likeness (QED) is 0.778. The number of esters is 1. The van der Waals surface area contributed by atoms with Crippen LogP contribution in [0.25, 0.3) is 0 Å². The fraction of sp³-hybridized carbons (Fsp3) is 0.471. The van der Waals surface area contributed by atoms with Gasteiger partial charge in [0.15, 0.2) is 11.5 Å². The summed E-state index contributed by atoms with van der Waals surface area (Å²) in [6, 6.07) is 1.72. The number of hydrogen-bond acceptors (Lipinski definition) is 5. The SMILES string of the molecule is COc1cc(C2NC(=O)N=C(C)C2C(=O)OCC(C)C)cc(Cl)c1O. The number of amides is 2. The average Bonchev–Trinajstić information content (AvgIpc) is 2.54. The van der Waals surface area contributed by atoms with E-state index in [4.69, 9.17) is 21.1 Å². The molecule has 0 saturated heterocycles. The van der Waals surface area contributed by atoms with Gasteiger partial charge in [0.2, 0.25) is 0 Å². The molecule has 1 heterocycles. The van der Waals surface area contributed by atoms with Gasteiger partial charge in [-0.25, -0.2) is 9.79 Å². The summed E-state index contributed by atoms with van der Waals surface area (Å²) in [6.07, 6.45) is 0. The molecule has 0 radical (unpaired) electrons. The van der Waals surface area contributed by atoms with E-state index in [9.17, 15) is 14.7 Å². The lowest BCUT2D eigenvalue weighted by molar-refractivity contribution is -0.148. The molecule has 0 aliphatic carbocycles. The summed E-state index contributed by atoms with van der Waals surface area (Å²) in [5.74, 6) is -1.16. The van der Waals surface area contributed by atoms with E-state index in [1.807, 2.05) is 13.8 Å². The maximum Gasteiger partial charge on any atom is 0.341 e. The van der Waals surface area contributed by atoms with E-state index in [2.05, 4.69) is 10.3 Å². The van der Waals surface area contributed by atoms with Gasteiger partial charge < -0.3 is 19.9 Å². The Balaban J connectivity index is 2.42. The highest BCUT2D eigenvalue weighted by Gasteiger charge is 2.38. The Morgan fingerprint density at radius 2 is 2.12 bits per heavy atom. The molecule has 1 aliphatic rings. The third-order valence-corrected chi connectivity index (χ3v) is 4.07. The minimum absolute atomic E-state index is 0.0538. The van der Waals surface area contributed by atoms with E-state index in [-0.39, 0.29) is 29.0 Å². The highest BCUT2D eigenvalue weighted by atomic mass is 35.5. The highest BCUT2D eigenvalue weighted by molar-refractivity contribution is 6.32. The Labute approximate surface area is 151 Å². The number of phenolic OH excluding ortho intramolecular Hbond substituents is 1. The van der Waals surface area contributed by atoms with Gasteiger partial charge in [-0.3, -0.25) is 4.79 Å². The molecule has 0 bridgehead atoms. The molecule has 0 fully saturated rings. The number of hydrogen-bond donors (Lipinski definition) is 2. The largest absolute Gasteiger partial charge is 0.503 e. The van der Waals surface area contributed by atoms with Gasteiger partial charge in [-0.1, -0.05) is 25.4 Å². The van der Waals surface area contributed by atoms with Crippen LogP contribution in [0, 0.1) is 11.8 Å². The van der Waals surface area contributed by atoms with Crippen molar-refractivity contribution in [2.45, 2.75) is 26.8 Å². The zero-order valence-electron chi connectivity index (χ0n) is 14.5. The van der Waals surface area contributed by atoms with Gasteiger partial charge in [-0.05, 0) is 30.5 Å². The van der Waals surface area contributed by atoms with Crippen LogP contribution in [-0.4, -0.2) is 36.5 Å². The summed E-state index contributed by atoms with van der Waals surface area (Å²) in [7, 11) is 1.38. The Hall–Kier alpha value is -2.28. The number of urea groups is 1. The van der Waals surface area contributed by atoms with Crippen molar-refractivity contribution in [3.63, 3.8) is 0 Å². The number of rotatable bonds is 5. The van der Waals surface area contributed by atoms with Crippen molar-refractivity contribution in [2.75, 3.05) is 13.7 Å². The molecule has 25 heavy (non-hydrogen) atoms. The maximum absolute atomic E-state index is 12.5. The number of benzene rings is 1. The first kappa shape index (κ1) is 19.1. The van der Waals surface area contributed by atoms with Gasteiger partial charge in [-0.15, -0.1) is 0 Å². The average molecular weight is 369 g/mol. The summed E-state index contributed by atoms with van der Waals surface area (Å²) >= 11 is 6.03. The lowest BCUT2D eigenvalue weighted by Crippen LogP contribution is -2.44. The van der Waals surface area contributed by atoms with E-state index < -0.39 is 24.0 Å². The van der Waals surface area contributed by atoms with Crippen molar-refractivity contribution >= 4 is 29.3 Å². The second kappa shape index (κ2) is 7.74. The molecule has 0 saturated carbocycles. The number of methoxy groups -OCH3 is 1. The van der Waals surface area contributed by atoms with E-state index in [0.29, 0.717) is 11.3 Å². The molecule has 2 amide bonds. The number of nitrogens with zero attached hydrogens (tertiary/aromatic N) is 1. The second-order valence-electron chi connectivity index (χ2n) is 6.24. The van der Waals surface area contributed by atoms with Crippen LogP contribution in [0.4, 0.5) is 4.79 Å². The summed E-state index contributed by atoms with van der Waals surface area (Å²) in [5, 5.41) is 12.6. The van der Waals surface area contributed by atoms with Gasteiger partial charge in [0.25, 0.3) is 0 Å². The lowest BCUT2D eigenvalue weighted by Gasteiger charge is -2.30. The minimum Gasteiger partial charge on any atom is -0.503 e. The van der Waals surface area contributed by atoms with Crippen LogP contribution in [0.3, 0.4) is 0 Å². The Bertz CT molecular complexity index is 717. The first-order valence-corrected chi connectivity index (χ1v) is 8.21. The molecule has 0 spiro atoms. The molecule has 136 valence electrons. The Morgan fingerprint density at radius 1 is 1.44 bits per heavy atom. The fourth-order valence-electron chi connectivity index (χ4n) is 2.57. The van der Waals surface area contributed by atoms with E-state index in [1.165, 1.54) is 19.2 Å². The van der Waals surface area contributed by atoms with Crippen molar-refractivity contribution in [3.8, 4) is 11.5 Å². The fourth-order valence-corrected chi connectivity index (χ4v) is 2.79. The maximum atomic E-state index is 12.5. The predicted octanol–water partition coefficient (Wildman–Crippen LogP) is 3.09. The first-order valence-electron chi connectivity index (χ1n) is 7.83. The molecule has 2 N–H and O–H groups in total. The van der Waals surface area contributed by atoms with Gasteiger partial charge in [0.1, 0.15) is 5.92 Å². The topological polar surface area (TPSA) is 97.2 Å². The molecule has 8 heteroatoms. The second-order valence-corrected chi connectivity index (χ2v) is 6.64. The van der Waals surface area contributed by atoms with Crippen molar-refractivity contribution < 1.29 is 24.2 Å². The monoisotopic (exact) mass is 368 g/mol. The molecular formula is C17H21ClN2O5. The molecule has 2 unspecified atom stereocenters. The molecule has 2 atom stereocenters. The van der Waals surface area contributed by atoms with Crippen LogP contribution >= 0.6 is 11.6 Å². The number of nitrogens with one attached hydrogen (secondary N) is 1. The Kier molecular flexibility index (Phi) is 5.89. The van der Waals surface area contributed by atoms with Crippen LogP contribution in [0.2, 0.25) is 5.02 Å². The van der Waals surface area contributed by atoms with E-state index in [1.54, 1.807) is 6.92 Å². The molecule has 2 rings (SSSR count). The number of aromatic hydroxyl groups is 1. The van der Waals surface area contributed by atoms with E-state index >= 15 is 0 Å². The molecule has 7 nitrogen and oxygen atoms in total. The number of aliphatic imine (C=N–C) groups is 1. The zero-order chi connectivity index (χ0) is 18.7. The van der Waals surface area contributed by atoms with Gasteiger partial charge in [0, 0.05) is 5.71 Å². The van der Waals surface area contributed by atoms with Crippen LogP contribution in [0.1, 0.15) is 32.4 Å². The molecule has 1 aromatic carbocycles. The predicted molar refractivity (Wildman–Crippen MR) is 93.3 cm³/mol. The number of carbonyl (C=O) groups excluding carboxylic acids is 2. The standard InChI is InChI=1S/C17H21ClN2O5/c1-8(2)7-25-16(22)13-9(3)19-17(23)20-14(13)10-5-11(18)15(21)12(6-10)24-4/h5-6,8,13-14,21H,7H2,1-4H3,(H,20,23). The van der Waals surface area contributed by atoms with Crippen LogP contribution in [0.5, 0.6) is 11.5 Å². The molecular weight excluding hydrogens is 348 g/mol. The first-order chi connectivity index (χ1) is 11.7. The van der Waals surface area contributed by atoms with Gasteiger partial charge >= 0.3 is 12.0 Å². The normalized spacial score (nSPS) is 20.1. The zero-order valence-corrected chi connectivity index (χ0v) is 15.3.